The predicted octanol–water partition coefficient (Wildman–Crippen LogP) is 5.34. The van der Waals surface area contributed by atoms with Crippen LogP contribution < -0.4 is 10.6 Å². The van der Waals surface area contributed by atoms with Crippen LogP contribution in [0.2, 0.25) is 5.02 Å². The smallest absolute Gasteiger partial charge is 0.350 e. The molecule has 0 saturated carbocycles. The van der Waals surface area contributed by atoms with E-state index in [1.54, 1.807) is 35.4 Å². The first-order valence-corrected chi connectivity index (χ1v) is 14.0. The van der Waals surface area contributed by atoms with Crippen LogP contribution in [-0.4, -0.2) is 61.9 Å². The van der Waals surface area contributed by atoms with Crippen molar-refractivity contribution >= 4 is 46.0 Å². The van der Waals surface area contributed by atoms with Gasteiger partial charge in [-0.1, -0.05) is 37.6 Å². The average molecular weight is 583 g/mol. The molecule has 0 aliphatic carbocycles. The third kappa shape index (κ3) is 4.92. The Kier molecular flexibility index (Phi) is 7.79. The van der Waals surface area contributed by atoms with Crippen molar-refractivity contribution in [3.63, 3.8) is 0 Å². The quantitative estimate of drug-likeness (QED) is 0.295. The highest BCUT2D eigenvalue weighted by Gasteiger charge is 2.31. The van der Waals surface area contributed by atoms with Crippen LogP contribution in [0.5, 0.6) is 0 Å². The maximum absolute atomic E-state index is 14.9. The first-order valence-electron chi connectivity index (χ1n) is 13.1. The number of fused-ring (bicyclic) bond motifs is 1. The lowest BCUT2D eigenvalue weighted by atomic mass is 10.0. The number of hydrogen-bond acceptors (Lipinski definition) is 6. The molecule has 8 nitrogen and oxygen atoms in total. The molecule has 1 aliphatic rings. The Morgan fingerprint density at radius 2 is 1.93 bits per heavy atom. The van der Waals surface area contributed by atoms with Gasteiger partial charge in [-0.05, 0) is 49.6 Å². The van der Waals surface area contributed by atoms with E-state index in [0.29, 0.717) is 47.9 Å². The summed E-state index contributed by atoms with van der Waals surface area (Å²) in [5.41, 5.74) is 2.32. The zero-order valence-electron chi connectivity index (χ0n) is 22.7. The number of pyridine rings is 2. The molecule has 0 bridgehead atoms. The second-order valence-corrected chi connectivity index (χ2v) is 10.9. The summed E-state index contributed by atoms with van der Waals surface area (Å²) in [6.45, 7) is 9.14. The van der Waals surface area contributed by atoms with E-state index in [1.807, 2.05) is 38.7 Å². The van der Waals surface area contributed by atoms with Crippen molar-refractivity contribution in [3.05, 3.63) is 75.2 Å². The third-order valence-corrected chi connectivity index (χ3v) is 7.74. The SMILES string of the molecule is Cc1ccnc(C(C)C)c1-n1c(=O)nc(N2CCN(C(=O)CCl)CC2C)c2cc(Cl)c(-c3ccccc3F)nc21. The molecule has 3 aromatic heterocycles. The van der Waals surface area contributed by atoms with Crippen molar-refractivity contribution in [3.8, 4) is 16.9 Å². The van der Waals surface area contributed by atoms with E-state index in [0.717, 1.165) is 5.56 Å². The maximum Gasteiger partial charge on any atom is 0.355 e. The first kappa shape index (κ1) is 28.0. The molecule has 40 heavy (non-hydrogen) atoms. The fourth-order valence-electron chi connectivity index (χ4n) is 5.24. The normalized spacial score (nSPS) is 15.8. The van der Waals surface area contributed by atoms with E-state index < -0.39 is 11.5 Å². The summed E-state index contributed by atoms with van der Waals surface area (Å²) in [6, 6.07) is 9.60. The Bertz CT molecular complexity index is 1670. The van der Waals surface area contributed by atoms with Gasteiger partial charge in [0.15, 0.2) is 5.65 Å². The van der Waals surface area contributed by atoms with Crippen molar-refractivity contribution in [2.75, 3.05) is 30.4 Å². The average Bonchev–Trinajstić information content (AvgIpc) is 2.93. The molecular formula is C29H29Cl2FN6O2. The molecule has 4 heterocycles. The standard InChI is InChI=1S/C29H29Cl2FN6O2/c1-16(2)24-26(17(3)9-10-33-24)38-28-20(13-21(31)25(34-28)19-7-5-6-8-22(19)32)27(35-29(38)40)37-12-11-36(15-18(37)4)23(39)14-30/h5-10,13,16,18H,11-12,14-15H2,1-4H3. The Labute approximate surface area is 241 Å². The van der Waals surface area contributed by atoms with Crippen LogP contribution in [0.1, 0.15) is 37.9 Å². The van der Waals surface area contributed by atoms with Crippen LogP contribution in [0.3, 0.4) is 0 Å². The second kappa shape index (κ2) is 11.1. The molecule has 1 atom stereocenters. The zero-order chi connectivity index (χ0) is 28.7. The fraction of sp³-hybridized carbons (Fsp3) is 0.345. The third-order valence-electron chi connectivity index (χ3n) is 7.22. The molecule has 11 heteroatoms. The minimum atomic E-state index is -0.540. The summed E-state index contributed by atoms with van der Waals surface area (Å²) in [5.74, 6) is -0.306. The summed E-state index contributed by atoms with van der Waals surface area (Å²) in [7, 11) is 0. The van der Waals surface area contributed by atoms with Gasteiger partial charge in [0, 0.05) is 37.4 Å². The van der Waals surface area contributed by atoms with E-state index >= 15 is 0 Å². The summed E-state index contributed by atoms with van der Waals surface area (Å²) >= 11 is 12.5. The molecule has 1 aromatic carbocycles. The number of anilines is 1. The summed E-state index contributed by atoms with van der Waals surface area (Å²) in [6.07, 6.45) is 1.71. The van der Waals surface area contributed by atoms with Crippen LogP contribution >= 0.6 is 23.2 Å². The zero-order valence-corrected chi connectivity index (χ0v) is 24.2. The van der Waals surface area contributed by atoms with Crippen molar-refractivity contribution in [2.45, 2.75) is 39.7 Å². The van der Waals surface area contributed by atoms with Gasteiger partial charge in [-0.2, -0.15) is 4.98 Å². The summed E-state index contributed by atoms with van der Waals surface area (Å²) < 4.78 is 16.4. The Morgan fingerprint density at radius 3 is 2.60 bits per heavy atom. The van der Waals surface area contributed by atoms with Gasteiger partial charge in [-0.15, -0.1) is 11.6 Å². The number of amides is 1. The van der Waals surface area contributed by atoms with Crippen molar-refractivity contribution in [1.29, 1.82) is 0 Å². The highest BCUT2D eigenvalue weighted by Crippen LogP contribution is 2.36. The molecule has 0 radical (unpaired) electrons. The number of carbonyl (C=O) groups is 1. The van der Waals surface area contributed by atoms with Crippen LogP contribution in [0, 0.1) is 12.7 Å². The fourth-order valence-corrected chi connectivity index (χ4v) is 5.66. The number of hydrogen-bond donors (Lipinski definition) is 0. The van der Waals surface area contributed by atoms with Crippen LogP contribution in [-0.2, 0) is 4.79 Å². The maximum atomic E-state index is 14.9. The number of aryl methyl sites for hydroxylation is 1. The van der Waals surface area contributed by atoms with Gasteiger partial charge in [0.1, 0.15) is 17.5 Å². The molecule has 0 N–H and O–H groups in total. The van der Waals surface area contributed by atoms with Gasteiger partial charge in [-0.25, -0.2) is 18.7 Å². The van der Waals surface area contributed by atoms with Gasteiger partial charge in [-0.3, -0.25) is 9.78 Å². The monoisotopic (exact) mass is 582 g/mol. The largest absolute Gasteiger partial charge is 0.355 e. The predicted molar refractivity (Wildman–Crippen MR) is 156 cm³/mol. The lowest BCUT2D eigenvalue weighted by Crippen LogP contribution is -2.54. The summed E-state index contributed by atoms with van der Waals surface area (Å²) in [5, 5.41) is 0.757. The number of nitrogens with zero attached hydrogens (tertiary/aromatic N) is 6. The first-order chi connectivity index (χ1) is 19.1. The van der Waals surface area contributed by atoms with Crippen LogP contribution in [0.4, 0.5) is 10.2 Å². The molecule has 5 rings (SSSR count). The van der Waals surface area contributed by atoms with Gasteiger partial charge in [0.25, 0.3) is 0 Å². The van der Waals surface area contributed by atoms with E-state index in [4.69, 9.17) is 28.2 Å². The Hall–Kier alpha value is -3.56. The molecule has 4 aromatic rings. The van der Waals surface area contributed by atoms with Crippen molar-refractivity contribution < 1.29 is 9.18 Å². The van der Waals surface area contributed by atoms with Gasteiger partial charge < -0.3 is 9.80 Å². The lowest BCUT2D eigenvalue weighted by Gasteiger charge is -2.40. The number of alkyl halides is 1. The molecule has 1 unspecified atom stereocenters. The molecule has 208 valence electrons. The van der Waals surface area contributed by atoms with Gasteiger partial charge in [0.05, 0.1) is 27.5 Å². The number of piperazine rings is 1. The minimum Gasteiger partial charge on any atom is -0.350 e. The lowest BCUT2D eigenvalue weighted by molar-refractivity contribution is -0.129. The molecular weight excluding hydrogens is 554 g/mol. The van der Waals surface area contributed by atoms with Crippen molar-refractivity contribution in [2.24, 2.45) is 0 Å². The Morgan fingerprint density at radius 1 is 1.18 bits per heavy atom. The second-order valence-electron chi connectivity index (χ2n) is 10.3. The Balaban J connectivity index is 1.81. The number of carbonyl (C=O) groups excluding carboxylic acids is 1. The molecule has 1 aliphatic heterocycles. The topological polar surface area (TPSA) is 84.2 Å². The highest BCUT2D eigenvalue weighted by molar-refractivity contribution is 6.34. The highest BCUT2D eigenvalue weighted by atomic mass is 35.5. The number of aromatic nitrogens is 4. The van der Waals surface area contributed by atoms with Gasteiger partial charge >= 0.3 is 5.69 Å². The van der Waals surface area contributed by atoms with Crippen LogP contribution in [0.25, 0.3) is 28.0 Å². The molecule has 1 saturated heterocycles. The van der Waals surface area contributed by atoms with E-state index in [9.17, 15) is 14.0 Å². The van der Waals surface area contributed by atoms with Crippen LogP contribution in [0.15, 0.2) is 47.4 Å². The van der Waals surface area contributed by atoms with E-state index in [-0.39, 0.29) is 40.0 Å². The summed E-state index contributed by atoms with van der Waals surface area (Å²) in [4.78, 5) is 43.8. The molecule has 1 fully saturated rings. The van der Waals surface area contributed by atoms with E-state index in [2.05, 4.69) is 9.97 Å². The number of rotatable bonds is 5. The minimum absolute atomic E-state index is 0.00225. The number of halogens is 3. The van der Waals surface area contributed by atoms with Gasteiger partial charge in [0.2, 0.25) is 5.91 Å². The molecule has 0 spiro atoms. The molecule has 1 amide bonds. The number of benzene rings is 1. The van der Waals surface area contributed by atoms with E-state index in [1.165, 1.54) is 10.6 Å². The van der Waals surface area contributed by atoms with Crippen molar-refractivity contribution in [1.82, 2.24) is 24.4 Å².